The molecular weight excluding hydrogens is 344 g/mol. The summed E-state index contributed by atoms with van der Waals surface area (Å²) in [4.78, 5) is -0.262. The molecule has 0 saturated carbocycles. The molecule has 3 rings (SSSR count). The molecule has 0 radical (unpaired) electrons. The van der Waals surface area contributed by atoms with Crippen LogP contribution in [0.15, 0.2) is 33.9 Å². The van der Waals surface area contributed by atoms with Crippen LogP contribution in [-0.2, 0) is 10.1 Å². The topological polar surface area (TPSA) is 91.3 Å². The molecule has 23 heavy (non-hydrogen) atoms. The summed E-state index contributed by atoms with van der Waals surface area (Å²) in [7, 11) is -2.91. The first-order valence-corrected chi connectivity index (χ1v) is 8.99. The Bertz CT molecular complexity index is 797. The number of hydrogen-bond acceptors (Lipinski definition) is 7. The molecule has 1 aliphatic heterocycles. The van der Waals surface area contributed by atoms with Crippen LogP contribution in [0.5, 0.6) is 23.0 Å². The van der Waals surface area contributed by atoms with Crippen LogP contribution in [0, 0.1) is 0 Å². The number of thiophene rings is 1. The van der Waals surface area contributed by atoms with E-state index < -0.39 is 10.1 Å². The van der Waals surface area contributed by atoms with Gasteiger partial charge in [0.2, 0.25) is 0 Å². The van der Waals surface area contributed by atoms with Gasteiger partial charge in [0.1, 0.15) is 13.2 Å². The lowest BCUT2D eigenvalue weighted by Crippen LogP contribution is -2.34. The summed E-state index contributed by atoms with van der Waals surface area (Å²) in [6, 6.07) is 3.85. The predicted molar refractivity (Wildman–Crippen MR) is 82.5 cm³/mol. The Morgan fingerprint density at radius 2 is 2.09 bits per heavy atom. The van der Waals surface area contributed by atoms with Gasteiger partial charge in [0.05, 0.1) is 12.0 Å². The van der Waals surface area contributed by atoms with Crippen molar-refractivity contribution in [2.45, 2.75) is 11.0 Å². The van der Waals surface area contributed by atoms with Crippen molar-refractivity contribution >= 4 is 21.5 Å². The van der Waals surface area contributed by atoms with Gasteiger partial charge in [-0.3, -0.25) is 4.55 Å². The number of rotatable bonds is 5. The Morgan fingerprint density at radius 3 is 2.83 bits per heavy atom. The molecule has 0 amide bonds. The fourth-order valence-corrected chi connectivity index (χ4v) is 3.22. The van der Waals surface area contributed by atoms with Gasteiger partial charge in [0.15, 0.2) is 29.1 Å². The van der Waals surface area contributed by atoms with E-state index in [0.29, 0.717) is 18.1 Å². The van der Waals surface area contributed by atoms with Gasteiger partial charge in [-0.1, -0.05) is 0 Å². The average Bonchev–Trinajstić information content (AvgIpc) is 2.99. The van der Waals surface area contributed by atoms with E-state index in [1.54, 1.807) is 0 Å². The van der Waals surface area contributed by atoms with E-state index in [2.05, 4.69) is 0 Å². The monoisotopic (exact) mass is 358 g/mol. The van der Waals surface area contributed by atoms with E-state index in [1.807, 2.05) is 10.8 Å². The lowest BCUT2D eigenvalue weighted by atomic mass is 10.3. The smallest absolute Gasteiger partial charge is 0.294 e. The van der Waals surface area contributed by atoms with E-state index in [9.17, 15) is 8.42 Å². The molecule has 0 bridgehead atoms. The maximum atomic E-state index is 11.1. The van der Waals surface area contributed by atoms with E-state index in [1.165, 1.54) is 36.6 Å². The highest BCUT2D eigenvalue weighted by molar-refractivity contribution is 7.85. The van der Waals surface area contributed by atoms with Gasteiger partial charge in [-0.05, 0) is 12.1 Å². The van der Waals surface area contributed by atoms with Crippen molar-refractivity contribution in [3.8, 4) is 23.0 Å². The van der Waals surface area contributed by atoms with Gasteiger partial charge in [-0.15, -0.1) is 11.3 Å². The fraction of sp³-hybridized carbons (Fsp3) is 0.286. The molecule has 7 nitrogen and oxygen atoms in total. The first-order valence-electron chi connectivity index (χ1n) is 6.61. The van der Waals surface area contributed by atoms with Gasteiger partial charge in [-0.25, -0.2) is 0 Å². The molecule has 9 heteroatoms. The minimum absolute atomic E-state index is 0.202. The molecule has 1 aromatic carbocycles. The molecular formula is C14H14O7S2. The zero-order chi connectivity index (χ0) is 16.4. The molecule has 1 aromatic heterocycles. The van der Waals surface area contributed by atoms with E-state index in [4.69, 9.17) is 23.5 Å². The second kappa shape index (κ2) is 6.26. The largest absolute Gasteiger partial charge is 0.493 e. The van der Waals surface area contributed by atoms with Gasteiger partial charge < -0.3 is 18.9 Å². The number of fused-ring (bicyclic) bond motifs is 1. The normalized spacial score (nSPS) is 16.9. The number of methoxy groups -OCH3 is 1. The van der Waals surface area contributed by atoms with Gasteiger partial charge in [0, 0.05) is 16.8 Å². The van der Waals surface area contributed by atoms with Crippen LogP contribution in [-0.4, -0.2) is 39.4 Å². The average molecular weight is 358 g/mol. The standard InChI is InChI=1S/C14H14O7S2/c1-18-12-4-10(23(15,16)17)2-3-11(12)19-5-9-6-20-13-7-22-8-14(13)21-9/h2-4,7-9H,5-6H2,1H3,(H,15,16,17). The lowest BCUT2D eigenvalue weighted by Gasteiger charge is -2.24. The molecule has 0 aliphatic carbocycles. The number of hydrogen-bond donors (Lipinski definition) is 1. The van der Waals surface area contributed by atoms with Crippen molar-refractivity contribution in [3.63, 3.8) is 0 Å². The summed E-state index contributed by atoms with van der Waals surface area (Å²) >= 11 is 1.49. The quantitative estimate of drug-likeness (QED) is 0.820. The third kappa shape index (κ3) is 3.52. The zero-order valence-corrected chi connectivity index (χ0v) is 13.7. The maximum Gasteiger partial charge on any atom is 0.294 e. The van der Waals surface area contributed by atoms with Crippen molar-refractivity contribution in [2.24, 2.45) is 0 Å². The third-order valence-electron chi connectivity index (χ3n) is 3.17. The first-order chi connectivity index (χ1) is 11.0. The second-order valence-electron chi connectivity index (χ2n) is 4.75. The minimum Gasteiger partial charge on any atom is -0.493 e. The van der Waals surface area contributed by atoms with Gasteiger partial charge >= 0.3 is 0 Å². The molecule has 0 saturated heterocycles. The molecule has 0 fully saturated rings. The van der Waals surface area contributed by atoms with E-state index in [-0.39, 0.29) is 23.4 Å². The van der Waals surface area contributed by atoms with Crippen LogP contribution in [0.2, 0.25) is 0 Å². The second-order valence-corrected chi connectivity index (χ2v) is 6.91. The molecule has 2 heterocycles. The molecule has 1 unspecified atom stereocenters. The Kier molecular flexibility index (Phi) is 4.33. The van der Waals surface area contributed by atoms with E-state index >= 15 is 0 Å². The zero-order valence-electron chi connectivity index (χ0n) is 12.1. The number of ether oxygens (including phenoxy) is 4. The summed E-state index contributed by atoms with van der Waals surface area (Å²) < 4.78 is 53.3. The van der Waals surface area contributed by atoms with Crippen LogP contribution < -0.4 is 18.9 Å². The van der Waals surface area contributed by atoms with Crippen molar-refractivity contribution in [1.29, 1.82) is 0 Å². The summed E-state index contributed by atoms with van der Waals surface area (Å²) in [5.41, 5.74) is 0. The molecule has 1 aliphatic rings. The summed E-state index contributed by atoms with van der Waals surface area (Å²) in [6.07, 6.45) is -0.289. The highest BCUT2D eigenvalue weighted by Gasteiger charge is 2.23. The molecule has 124 valence electrons. The van der Waals surface area contributed by atoms with Crippen LogP contribution in [0.4, 0.5) is 0 Å². The van der Waals surface area contributed by atoms with Crippen molar-refractivity contribution in [1.82, 2.24) is 0 Å². The number of benzene rings is 1. The first kappa shape index (κ1) is 15.9. The van der Waals surface area contributed by atoms with Crippen molar-refractivity contribution < 1.29 is 31.9 Å². The lowest BCUT2D eigenvalue weighted by molar-refractivity contribution is 0.0537. The predicted octanol–water partition coefficient (Wildman–Crippen LogP) is 2.22. The van der Waals surface area contributed by atoms with Crippen LogP contribution >= 0.6 is 11.3 Å². The molecule has 1 N–H and O–H groups in total. The SMILES string of the molecule is COc1cc(S(=O)(=O)O)ccc1OCC1COc2cscc2O1. The van der Waals surface area contributed by atoms with Crippen molar-refractivity contribution in [2.75, 3.05) is 20.3 Å². The Balaban J connectivity index is 1.69. The Hall–Kier alpha value is -1.97. The minimum atomic E-state index is -4.29. The Morgan fingerprint density at radius 1 is 1.30 bits per heavy atom. The summed E-state index contributed by atoms with van der Waals surface area (Å²) in [6.45, 7) is 0.562. The summed E-state index contributed by atoms with van der Waals surface area (Å²) in [5, 5.41) is 3.71. The van der Waals surface area contributed by atoms with E-state index in [0.717, 1.165) is 5.75 Å². The highest BCUT2D eigenvalue weighted by atomic mass is 32.2. The summed E-state index contributed by atoms with van der Waals surface area (Å²) in [5.74, 6) is 1.96. The van der Waals surface area contributed by atoms with Crippen LogP contribution in [0.1, 0.15) is 0 Å². The van der Waals surface area contributed by atoms with Gasteiger partial charge in [-0.2, -0.15) is 8.42 Å². The van der Waals surface area contributed by atoms with Gasteiger partial charge in [0.25, 0.3) is 10.1 Å². The Labute approximate surface area is 137 Å². The highest BCUT2D eigenvalue weighted by Crippen LogP contribution is 2.36. The third-order valence-corrected chi connectivity index (χ3v) is 4.72. The molecule has 1 atom stereocenters. The fourth-order valence-electron chi connectivity index (χ4n) is 2.05. The molecule has 2 aromatic rings. The maximum absolute atomic E-state index is 11.1. The van der Waals surface area contributed by atoms with Crippen LogP contribution in [0.3, 0.4) is 0 Å². The molecule has 0 spiro atoms. The van der Waals surface area contributed by atoms with Crippen molar-refractivity contribution in [3.05, 3.63) is 29.0 Å². The van der Waals surface area contributed by atoms with Crippen LogP contribution in [0.25, 0.3) is 0 Å².